The lowest BCUT2D eigenvalue weighted by Gasteiger charge is -2.13. The van der Waals surface area contributed by atoms with Crippen molar-refractivity contribution in [2.75, 3.05) is 13.6 Å². The Morgan fingerprint density at radius 3 is 2.62 bits per heavy atom. The Bertz CT molecular complexity index is 749. The minimum atomic E-state index is -4.39. The number of alkyl halides is 3. The summed E-state index contributed by atoms with van der Waals surface area (Å²) in [5.41, 5.74) is 1.46. The van der Waals surface area contributed by atoms with E-state index in [0.717, 1.165) is 32.3 Å². The molecule has 26 heavy (non-hydrogen) atoms. The lowest BCUT2D eigenvalue weighted by Crippen LogP contribution is -2.38. The summed E-state index contributed by atoms with van der Waals surface area (Å²) in [5, 5.41) is 7.75. The molecule has 10 heteroatoms. The first-order valence-electron chi connectivity index (χ1n) is 7.50. The number of halogens is 5. The zero-order valence-corrected chi connectivity index (χ0v) is 18.9. The van der Waals surface area contributed by atoms with Gasteiger partial charge in [0.1, 0.15) is 0 Å². The molecule has 0 saturated heterocycles. The number of guanidine groups is 1. The second-order valence-electron chi connectivity index (χ2n) is 5.30. The topological polar surface area (TPSA) is 49.3 Å². The molecule has 0 saturated carbocycles. The summed E-state index contributed by atoms with van der Waals surface area (Å²) in [5.74, 6) is 0.593. The molecule has 4 nitrogen and oxygen atoms in total. The van der Waals surface area contributed by atoms with Crippen molar-refractivity contribution in [3.05, 3.63) is 49.9 Å². The Labute approximate surface area is 179 Å². The molecule has 144 valence electrons. The summed E-state index contributed by atoms with van der Waals surface area (Å²) >= 11 is 4.44. The molecule has 1 aromatic carbocycles. The van der Waals surface area contributed by atoms with E-state index in [-0.39, 0.29) is 24.0 Å². The average Bonchev–Trinajstić information content (AvgIpc) is 3.01. The van der Waals surface area contributed by atoms with E-state index in [1.807, 2.05) is 25.1 Å². The van der Waals surface area contributed by atoms with Crippen LogP contribution in [0.4, 0.5) is 13.2 Å². The molecule has 0 fully saturated rings. The molecular weight excluding hydrogens is 544 g/mol. The minimum Gasteiger partial charge on any atom is -0.356 e. The van der Waals surface area contributed by atoms with Crippen molar-refractivity contribution in [2.24, 2.45) is 4.99 Å². The highest BCUT2D eigenvalue weighted by molar-refractivity contribution is 14.0. The van der Waals surface area contributed by atoms with E-state index in [2.05, 4.69) is 36.5 Å². The zero-order valence-electron chi connectivity index (χ0n) is 14.2. The molecule has 0 aliphatic carbocycles. The van der Waals surface area contributed by atoms with Crippen LogP contribution in [0.5, 0.6) is 0 Å². The largest absolute Gasteiger partial charge is 0.434 e. The van der Waals surface area contributed by atoms with Gasteiger partial charge in [0, 0.05) is 36.4 Å². The molecule has 0 bridgehead atoms. The third kappa shape index (κ3) is 7.03. The number of hydrogen-bond donors (Lipinski definition) is 2. The van der Waals surface area contributed by atoms with E-state index < -0.39 is 11.9 Å². The Morgan fingerprint density at radius 1 is 1.31 bits per heavy atom. The monoisotopic (exact) mass is 562 g/mol. The predicted molar refractivity (Wildman–Crippen MR) is 113 cm³/mol. The first kappa shape index (κ1) is 23.2. The Hall–Kier alpha value is -0.880. The van der Waals surface area contributed by atoms with E-state index in [1.165, 1.54) is 0 Å². The van der Waals surface area contributed by atoms with Gasteiger partial charge in [-0.2, -0.15) is 13.2 Å². The second-order valence-corrected chi connectivity index (χ2v) is 7.16. The maximum atomic E-state index is 12.5. The van der Waals surface area contributed by atoms with Gasteiger partial charge in [0.15, 0.2) is 11.7 Å². The first-order chi connectivity index (χ1) is 11.8. The third-order valence-corrected chi connectivity index (χ3v) is 4.85. The molecule has 0 unspecified atom stereocenters. The summed E-state index contributed by atoms with van der Waals surface area (Å²) in [6.45, 7) is 3.08. The van der Waals surface area contributed by atoms with Gasteiger partial charge in [-0.15, -0.1) is 35.3 Å². The summed E-state index contributed by atoms with van der Waals surface area (Å²) < 4.78 is 38.6. The van der Waals surface area contributed by atoms with Gasteiger partial charge in [0.25, 0.3) is 0 Å². The lowest BCUT2D eigenvalue weighted by atomic mass is 10.1. The molecule has 0 aliphatic heterocycles. The maximum Gasteiger partial charge on any atom is 0.434 e. The fourth-order valence-electron chi connectivity index (χ4n) is 2.10. The van der Waals surface area contributed by atoms with Crippen molar-refractivity contribution >= 4 is 57.2 Å². The van der Waals surface area contributed by atoms with E-state index in [1.54, 1.807) is 7.05 Å². The highest BCUT2D eigenvalue weighted by Gasteiger charge is 2.33. The van der Waals surface area contributed by atoms with Crippen LogP contribution < -0.4 is 10.6 Å². The molecule has 0 radical (unpaired) electrons. The Balaban J connectivity index is 0.00000338. The van der Waals surface area contributed by atoms with Gasteiger partial charge in [-0.3, -0.25) is 4.99 Å². The van der Waals surface area contributed by atoms with Crippen LogP contribution in [0.1, 0.15) is 21.8 Å². The van der Waals surface area contributed by atoms with Crippen LogP contribution in [-0.4, -0.2) is 24.5 Å². The quantitative estimate of drug-likeness (QED) is 0.314. The smallest absolute Gasteiger partial charge is 0.356 e. The number of aryl methyl sites for hydroxylation is 1. The molecule has 2 aromatic rings. The van der Waals surface area contributed by atoms with Gasteiger partial charge >= 0.3 is 6.18 Å². The SMILES string of the molecule is CN=C(NCCc1nc(C(F)(F)F)cs1)NCc1ccc(Br)cc1C.I. The summed E-state index contributed by atoms with van der Waals surface area (Å²) in [6.07, 6.45) is -3.99. The van der Waals surface area contributed by atoms with Crippen molar-refractivity contribution in [3.8, 4) is 0 Å². The van der Waals surface area contributed by atoms with Gasteiger partial charge in [0.2, 0.25) is 0 Å². The number of benzene rings is 1. The van der Waals surface area contributed by atoms with Crippen LogP contribution in [0.15, 0.2) is 33.0 Å². The van der Waals surface area contributed by atoms with Crippen molar-refractivity contribution in [2.45, 2.75) is 26.1 Å². The molecule has 1 heterocycles. The van der Waals surface area contributed by atoms with E-state index in [0.29, 0.717) is 30.5 Å². The number of hydrogen-bond acceptors (Lipinski definition) is 3. The minimum absolute atomic E-state index is 0. The number of aromatic nitrogens is 1. The third-order valence-electron chi connectivity index (χ3n) is 3.45. The molecule has 2 rings (SSSR count). The maximum absolute atomic E-state index is 12.5. The van der Waals surface area contributed by atoms with Crippen molar-refractivity contribution < 1.29 is 13.2 Å². The van der Waals surface area contributed by atoms with Crippen LogP contribution in [-0.2, 0) is 19.1 Å². The molecule has 0 atom stereocenters. The van der Waals surface area contributed by atoms with Gasteiger partial charge in [0.05, 0.1) is 5.01 Å². The molecule has 0 aliphatic rings. The zero-order chi connectivity index (χ0) is 18.4. The number of aliphatic imine (C=N–C) groups is 1. The second kappa shape index (κ2) is 10.5. The van der Waals surface area contributed by atoms with Crippen molar-refractivity contribution in [1.29, 1.82) is 0 Å². The highest BCUT2D eigenvalue weighted by atomic mass is 127. The molecule has 2 N–H and O–H groups in total. The Morgan fingerprint density at radius 2 is 2.04 bits per heavy atom. The lowest BCUT2D eigenvalue weighted by molar-refractivity contribution is -0.140. The number of nitrogens with zero attached hydrogens (tertiary/aromatic N) is 2. The van der Waals surface area contributed by atoms with Crippen molar-refractivity contribution in [3.63, 3.8) is 0 Å². The number of rotatable bonds is 5. The van der Waals surface area contributed by atoms with Gasteiger partial charge in [-0.05, 0) is 30.2 Å². The standard InChI is InChI=1S/C16H18BrF3N4S.HI/c1-10-7-12(17)4-3-11(10)8-23-15(21-2)22-6-5-14-24-13(9-25-14)16(18,19)20;/h3-4,7,9H,5-6,8H2,1-2H3,(H2,21,22,23);1H. The fourth-order valence-corrected chi connectivity index (χ4v) is 3.38. The molecule has 0 amide bonds. The van der Waals surface area contributed by atoms with Crippen LogP contribution in [0.3, 0.4) is 0 Å². The van der Waals surface area contributed by atoms with Crippen LogP contribution in [0.2, 0.25) is 0 Å². The normalized spacial score (nSPS) is 11.8. The van der Waals surface area contributed by atoms with E-state index in [9.17, 15) is 13.2 Å². The average molecular weight is 563 g/mol. The Kier molecular flexibility index (Phi) is 9.31. The van der Waals surface area contributed by atoms with Gasteiger partial charge in [-0.25, -0.2) is 4.98 Å². The van der Waals surface area contributed by atoms with Crippen molar-refractivity contribution in [1.82, 2.24) is 15.6 Å². The van der Waals surface area contributed by atoms with E-state index >= 15 is 0 Å². The molecule has 1 aromatic heterocycles. The van der Waals surface area contributed by atoms with Crippen LogP contribution in [0.25, 0.3) is 0 Å². The van der Waals surface area contributed by atoms with Crippen LogP contribution >= 0.6 is 51.2 Å². The fraction of sp³-hybridized carbons (Fsp3) is 0.375. The number of thiazole rings is 1. The molecular formula is C16H19BrF3IN4S. The highest BCUT2D eigenvalue weighted by Crippen LogP contribution is 2.30. The first-order valence-corrected chi connectivity index (χ1v) is 9.18. The van der Waals surface area contributed by atoms with Gasteiger partial charge < -0.3 is 10.6 Å². The predicted octanol–water partition coefficient (Wildman–Crippen LogP) is 4.76. The number of nitrogens with one attached hydrogen (secondary N) is 2. The summed E-state index contributed by atoms with van der Waals surface area (Å²) in [6, 6.07) is 6.03. The van der Waals surface area contributed by atoms with Gasteiger partial charge in [-0.1, -0.05) is 22.0 Å². The summed E-state index contributed by atoms with van der Waals surface area (Å²) in [7, 11) is 1.65. The van der Waals surface area contributed by atoms with Crippen LogP contribution in [0, 0.1) is 6.92 Å². The van der Waals surface area contributed by atoms with E-state index in [4.69, 9.17) is 0 Å². The summed E-state index contributed by atoms with van der Waals surface area (Å²) in [4.78, 5) is 7.72. The molecule has 0 spiro atoms.